The van der Waals surface area contributed by atoms with E-state index < -0.39 is 0 Å². The standard InChI is InChI=1S/C19H29N5O.HI/c1-16(2)14-25-12-6-9-22-19(20-3)23-13-17-7-4-5-8-18(17)24-11-10-21-15-24;/h4-5,7-8,10-11,15-16H,6,9,12-14H2,1-3H3,(H2,20,22,23);1H. The third-order valence-corrected chi connectivity index (χ3v) is 3.65. The Balaban J connectivity index is 0.00000338. The molecule has 0 atom stereocenters. The molecule has 0 amide bonds. The van der Waals surface area contributed by atoms with E-state index in [-0.39, 0.29) is 24.0 Å². The Morgan fingerprint density at radius 2 is 2.08 bits per heavy atom. The molecule has 0 saturated carbocycles. The van der Waals surface area contributed by atoms with Crippen LogP contribution in [0.4, 0.5) is 0 Å². The number of guanidine groups is 1. The Morgan fingerprint density at radius 1 is 1.27 bits per heavy atom. The first-order valence-corrected chi connectivity index (χ1v) is 8.79. The second-order valence-electron chi connectivity index (χ2n) is 6.27. The molecule has 0 aliphatic carbocycles. The van der Waals surface area contributed by atoms with E-state index in [4.69, 9.17) is 4.74 Å². The van der Waals surface area contributed by atoms with Crippen molar-refractivity contribution in [1.29, 1.82) is 0 Å². The SMILES string of the molecule is CN=C(NCCCOCC(C)C)NCc1ccccc1-n1ccnc1.I. The largest absolute Gasteiger partial charge is 0.381 e. The number of para-hydroxylation sites is 1. The molecule has 2 N–H and O–H groups in total. The number of rotatable bonds is 9. The quantitative estimate of drug-likeness (QED) is 0.255. The number of aliphatic imine (C=N–C) groups is 1. The fourth-order valence-electron chi connectivity index (χ4n) is 2.41. The van der Waals surface area contributed by atoms with Crippen molar-refractivity contribution >= 4 is 29.9 Å². The molecule has 0 spiro atoms. The Labute approximate surface area is 173 Å². The van der Waals surface area contributed by atoms with Gasteiger partial charge in [-0.3, -0.25) is 4.99 Å². The van der Waals surface area contributed by atoms with Gasteiger partial charge in [-0.1, -0.05) is 32.0 Å². The van der Waals surface area contributed by atoms with E-state index in [1.807, 2.05) is 29.2 Å². The molecule has 0 radical (unpaired) electrons. The van der Waals surface area contributed by atoms with Crippen LogP contribution in [0.25, 0.3) is 5.69 Å². The molecule has 7 heteroatoms. The van der Waals surface area contributed by atoms with Gasteiger partial charge in [0, 0.05) is 45.7 Å². The summed E-state index contributed by atoms with van der Waals surface area (Å²) >= 11 is 0. The summed E-state index contributed by atoms with van der Waals surface area (Å²) in [7, 11) is 1.78. The van der Waals surface area contributed by atoms with Gasteiger partial charge in [-0.15, -0.1) is 24.0 Å². The lowest BCUT2D eigenvalue weighted by atomic mass is 10.1. The van der Waals surface area contributed by atoms with Crippen LogP contribution in [0.2, 0.25) is 0 Å². The van der Waals surface area contributed by atoms with Crippen LogP contribution >= 0.6 is 24.0 Å². The van der Waals surface area contributed by atoms with Crippen LogP contribution in [-0.4, -0.2) is 42.3 Å². The van der Waals surface area contributed by atoms with E-state index >= 15 is 0 Å². The van der Waals surface area contributed by atoms with Crippen molar-refractivity contribution in [2.75, 3.05) is 26.8 Å². The zero-order valence-electron chi connectivity index (χ0n) is 15.8. The number of aromatic nitrogens is 2. The molecule has 6 nitrogen and oxygen atoms in total. The molecule has 0 aliphatic heterocycles. The summed E-state index contributed by atoms with van der Waals surface area (Å²) in [5, 5.41) is 6.68. The molecular formula is C19H30IN5O. The van der Waals surface area contributed by atoms with Crippen molar-refractivity contribution in [3.63, 3.8) is 0 Å². The van der Waals surface area contributed by atoms with E-state index in [1.54, 1.807) is 13.2 Å². The molecule has 0 aliphatic rings. The van der Waals surface area contributed by atoms with Gasteiger partial charge in [0.2, 0.25) is 0 Å². The Kier molecular flexibility index (Phi) is 11.0. The third kappa shape index (κ3) is 7.74. The molecule has 1 heterocycles. The number of benzene rings is 1. The zero-order valence-corrected chi connectivity index (χ0v) is 18.1. The molecule has 0 fully saturated rings. The van der Waals surface area contributed by atoms with Crippen molar-refractivity contribution in [1.82, 2.24) is 20.2 Å². The molecule has 0 bridgehead atoms. The van der Waals surface area contributed by atoms with Gasteiger partial charge in [-0.05, 0) is 24.0 Å². The number of hydrogen-bond donors (Lipinski definition) is 2. The van der Waals surface area contributed by atoms with Gasteiger partial charge in [-0.2, -0.15) is 0 Å². The lowest BCUT2D eigenvalue weighted by Gasteiger charge is -2.14. The minimum Gasteiger partial charge on any atom is -0.381 e. The highest BCUT2D eigenvalue weighted by molar-refractivity contribution is 14.0. The van der Waals surface area contributed by atoms with E-state index in [9.17, 15) is 0 Å². The fourth-order valence-corrected chi connectivity index (χ4v) is 2.41. The molecule has 2 aromatic rings. The van der Waals surface area contributed by atoms with Crippen LogP contribution in [0.5, 0.6) is 0 Å². The maximum absolute atomic E-state index is 5.59. The van der Waals surface area contributed by atoms with Crippen molar-refractivity contribution in [2.24, 2.45) is 10.9 Å². The highest BCUT2D eigenvalue weighted by atomic mass is 127. The fraction of sp³-hybridized carbons (Fsp3) is 0.474. The zero-order chi connectivity index (χ0) is 17.9. The molecular weight excluding hydrogens is 441 g/mol. The summed E-state index contributed by atoms with van der Waals surface area (Å²) in [5.41, 5.74) is 2.30. The van der Waals surface area contributed by atoms with Crippen molar-refractivity contribution in [2.45, 2.75) is 26.8 Å². The Hall–Kier alpha value is -1.61. The van der Waals surface area contributed by atoms with Crippen molar-refractivity contribution in [3.05, 3.63) is 48.5 Å². The lowest BCUT2D eigenvalue weighted by Crippen LogP contribution is -2.37. The number of nitrogens with zero attached hydrogens (tertiary/aromatic N) is 3. The summed E-state index contributed by atoms with van der Waals surface area (Å²) in [6, 6.07) is 8.26. The normalized spacial score (nSPS) is 11.3. The van der Waals surface area contributed by atoms with Crippen LogP contribution in [0, 0.1) is 5.92 Å². The Bertz CT molecular complexity index is 643. The number of nitrogens with one attached hydrogen (secondary N) is 2. The maximum Gasteiger partial charge on any atom is 0.191 e. The van der Waals surface area contributed by atoms with E-state index in [1.165, 1.54) is 5.56 Å². The van der Waals surface area contributed by atoms with Gasteiger partial charge in [0.25, 0.3) is 0 Å². The maximum atomic E-state index is 5.59. The molecule has 26 heavy (non-hydrogen) atoms. The molecule has 0 saturated heterocycles. The van der Waals surface area contributed by atoms with Crippen molar-refractivity contribution in [3.8, 4) is 5.69 Å². The highest BCUT2D eigenvalue weighted by Crippen LogP contribution is 2.13. The molecule has 0 unspecified atom stereocenters. The molecule has 2 rings (SSSR count). The summed E-state index contributed by atoms with van der Waals surface area (Å²) in [6.45, 7) is 7.43. The third-order valence-electron chi connectivity index (χ3n) is 3.65. The van der Waals surface area contributed by atoms with E-state index in [0.29, 0.717) is 12.5 Å². The number of ether oxygens (including phenoxy) is 1. The van der Waals surface area contributed by atoms with Gasteiger partial charge >= 0.3 is 0 Å². The predicted octanol–water partition coefficient (Wildman–Crippen LogP) is 3.22. The van der Waals surface area contributed by atoms with E-state index in [2.05, 4.69) is 46.6 Å². The van der Waals surface area contributed by atoms with Crippen LogP contribution < -0.4 is 10.6 Å². The first kappa shape index (κ1) is 22.4. The number of hydrogen-bond acceptors (Lipinski definition) is 3. The first-order valence-electron chi connectivity index (χ1n) is 8.79. The Morgan fingerprint density at radius 3 is 2.77 bits per heavy atom. The average molecular weight is 471 g/mol. The van der Waals surface area contributed by atoms with Gasteiger partial charge in [0.05, 0.1) is 12.0 Å². The van der Waals surface area contributed by atoms with Crippen LogP contribution in [-0.2, 0) is 11.3 Å². The second kappa shape index (κ2) is 12.7. The summed E-state index contributed by atoms with van der Waals surface area (Å²) < 4.78 is 7.60. The monoisotopic (exact) mass is 471 g/mol. The van der Waals surface area contributed by atoms with Crippen LogP contribution in [0.3, 0.4) is 0 Å². The highest BCUT2D eigenvalue weighted by Gasteiger charge is 2.05. The molecule has 1 aromatic heterocycles. The predicted molar refractivity (Wildman–Crippen MR) is 117 cm³/mol. The average Bonchev–Trinajstić information content (AvgIpc) is 3.15. The lowest BCUT2D eigenvalue weighted by molar-refractivity contribution is 0.108. The first-order chi connectivity index (χ1) is 12.2. The van der Waals surface area contributed by atoms with Gasteiger partial charge in [0.15, 0.2) is 5.96 Å². The van der Waals surface area contributed by atoms with Crippen LogP contribution in [0.15, 0.2) is 48.0 Å². The number of imidazole rings is 1. The van der Waals surface area contributed by atoms with Gasteiger partial charge < -0.3 is 19.9 Å². The van der Waals surface area contributed by atoms with Gasteiger partial charge in [-0.25, -0.2) is 4.98 Å². The minimum absolute atomic E-state index is 0. The summed E-state index contributed by atoms with van der Waals surface area (Å²) in [6.07, 6.45) is 6.50. The molecule has 1 aromatic carbocycles. The van der Waals surface area contributed by atoms with Crippen molar-refractivity contribution < 1.29 is 4.74 Å². The molecule has 144 valence electrons. The minimum atomic E-state index is 0. The topological polar surface area (TPSA) is 63.5 Å². The van der Waals surface area contributed by atoms with E-state index in [0.717, 1.165) is 37.8 Å². The van der Waals surface area contributed by atoms with Gasteiger partial charge in [0.1, 0.15) is 0 Å². The van der Waals surface area contributed by atoms with Crippen LogP contribution in [0.1, 0.15) is 25.8 Å². The number of halogens is 1. The summed E-state index contributed by atoms with van der Waals surface area (Å²) in [4.78, 5) is 8.40. The summed E-state index contributed by atoms with van der Waals surface area (Å²) in [5.74, 6) is 1.38. The second-order valence-corrected chi connectivity index (χ2v) is 6.27. The smallest absolute Gasteiger partial charge is 0.191 e.